The molecule has 84 valence electrons. The highest BCUT2D eigenvalue weighted by atomic mass is 35.5. The van der Waals surface area contributed by atoms with Gasteiger partial charge in [-0.1, -0.05) is 34.8 Å². The monoisotopic (exact) mass is 275 g/mol. The third-order valence-corrected chi connectivity index (χ3v) is 2.88. The van der Waals surface area contributed by atoms with E-state index in [0.29, 0.717) is 20.6 Å². The van der Waals surface area contributed by atoms with Crippen molar-refractivity contribution in [1.29, 1.82) is 5.26 Å². The summed E-state index contributed by atoms with van der Waals surface area (Å²) in [5.41, 5.74) is 0.463. The van der Waals surface area contributed by atoms with Gasteiger partial charge in [-0.2, -0.15) is 5.26 Å². The van der Waals surface area contributed by atoms with Crippen molar-refractivity contribution in [2.24, 2.45) is 0 Å². The van der Waals surface area contributed by atoms with E-state index in [9.17, 15) is 4.79 Å². The topological polar surface area (TPSA) is 40.9 Å². The maximum absolute atomic E-state index is 11.0. The van der Waals surface area contributed by atoms with Crippen molar-refractivity contribution in [3.63, 3.8) is 0 Å². The molecule has 0 saturated heterocycles. The first-order valence-electron chi connectivity index (χ1n) is 4.49. The Bertz CT molecular complexity index is 442. The number of nitrogens with zero attached hydrogens (tertiary/aromatic N) is 1. The largest absolute Gasteiger partial charge is 0.300 e. The first-order chi connectivity index (χ1) is 7.45. The SMILES string of the molecule is CC(=O)CC(C#N)c1c(Cl)cc(Cl)cc1Cl. The molecule has 1 aromatic carbocycles. The quantitative estimate of drug-likeness (QED) is 0.829. The molecule has 0 fully saturated rings. The molecule has 0 aliphatic heterocycles. The number of benzene rings is 1. The van der Waals surface area contributed by atoms with Crippen LogP contribution in [-0.2, 0) is 4.79 Å². The number of nitriles is 1. The van der Waals surface area contributed by atoms with Crippen LogP contribution in [0, 0.1) is 11.3 Å². The predicted octanol–water partition coefficient (Wildman–Crippen LogP) is 4.23. The Kier molecular flexibility index (Phi) is 4.61. The van der Waals surface area contributed by atoms with Crippen LogP contribution in [0.4, 0.5) is 0 Å². The Morgan fingerprint density at radius 3 is 2.25 bits per heavy atom. The minimum atomic E-state index is -0.630. The lowest BCUT2D eigenvalue weighted by Gasteiger charge is -2.12. The van der Waals surface area contributed by atoms with E-state index in [-0.39, 0.29) is 12.2 Å². The normalized spacial score (nSPS) is 11.9. The fourth-order valence-corrected chi connectivity index (χ4v) is 2.47. The van der Waals surface area contributed by atoms with E-state index in [4.69, 9.17) is 40.1 Å². The lowest BCUT2D eigenvalue weighted by molar-refractivity contribution is -0.117. The number of Topliss-reactive ketones (excluding diaryl/α,β-unsaturated/α-hetero) is 1. The van der Waals surface area contributed by atoms with Gasteiger partial charge in [0, 0.05) is 27.1 Å². The zero-order chi connectivity index (χ0) is 12.3. The first-order valence-corrected chi connectivity index (χ1v) is 5.62. The Hall–Kier alpha value is -0.750. The van der Waals surface area contributed by atoms with Crippen molar-refractivity contribution >= 4 is 40.6 Å². The van der Waals surface area contributed by atoms with E-state index in [1.807, 2.05) is 6.07 Å². The molecule has 0 aliphatic carbocycles. The van der Waals surface area contributed by atoms with Crippen molar-refractivity contribution < 1.29 is 4.79 Å². The highest BCUT2D eigenvalue weighted by Crippen LogP contribution is 2.35. The number of halogens is 3. The number of ketones is 1. The summed E-state index contributed by atoms with van der Waals surface area (Å²) in [6, 6.07) is 5.04. The minimum absolute atomic E-state index is 0.0892. The van der Waals surface area contributed by atoms with Gasteiger partial charge in [-0.3, -0.25) is 4.79 Å². The predicted molar refractivity (Wildman–Crippen MR) is 65.1 cm³/mol. The van der Waals surface area contributed by atoms with Gasteiger partial charge in [0.2, 0.25) is 0 Å². The molecule has 0 saturated carbocycles. The van der Waals surface area contributed by atoms with Gasteiger partial charge in [-0.15, -0.1) is 0 Å². The van der Waals surface area contributed by atoms with Crippen LogP contribution < -0.4 is 0 Å². The van der Waals surface area contributed by atoms with Crippen LogP contribution >= 0.6 is 34.8 Å². The molecule has 2 nitrogen and oxygen atoms in total. The molecule has 1 atom stereocenters. The van der Waals surface area contributed by atoms with Gasteiger partial charge in [0.05, 0.1) is 12.0 Å². The zero-order valence-corrected chi connectivity index (χ0v) is 10.7. The summed E-state index contributed by atoms with van der Waals surface area (Å²) in [4.78, 5) is 11.0. The molecule has 0 bridgehead atoms. The summed E-state index contributed by atoms with van der Waals surface area (Å²) < 4.78 is 0. The van der Waals surface area contributed by atoms with E-state index in [2.05, 4.69) is 0 Å². The molecule has 0 spiro atoms. The summed E-state index contributed by atoms with van der Waals surface area (Å²) in [7, 11) is 0. The van der Waals surface area contributed by atoms with Gasteiger partial charge >= 0.3 is 0 Å². The van der Waals surface area contributed by atoms with Crippen LogP contribution in [0.5, 0.6) is 0 Å². The van der Waals surface area contributed by atoms with E-state index in [1.165, 1.54) is 19.1 Å². The van der Waals surface area contributed by atoms with E-state index >= 15 is 0 Å². The molecule has 1 rings (SSSR count). The summed E-state index contributed by atoms with van der Waals surface area (Å²) in [6.45, 7) is 1.42. The number of carbonyl (C=O) groups is 1. The molecular formula is C11H8Cl3NO. The minimum Gasteiger partial charge on any atom is -0.300 e. The Morgan fingerprint density at radius 1 is 1.38 bits per heavy atom. The molecule has 0 N–H and O–H groups in total. The third kappa shape index (κ3) is 3.12. The lowest BCUT2D eigenvalue weighted by atomic mass is 9.95. The second-order valence-corrected chi connectivity index (χ2v) is 4.62. The maximum atomic E-state index is 11.0. The molecular weight excluding hydrogens is 268 g/mol. The number of carbonyl (C=O) groups excluding carboxylic acids is 1. The summed E-state index contributed by atoms with van der Waals surface area (Å²) in [5, 5.41) is 10.0. The second-order valence-electron chi connectivity index (χ2n) is 3.37. The van der Waals surface area contributed by atoms with Gasteiger partial charge in [0.25, 0.3) is 0 Å². The van der Waals surface area contributed by atoms with Crippen LogP contribution in [-0.4, -0.2) is 5.78 Å². The highest BCUT2D eigenvalue weighted by Gasteiger charge is 2.20. The summed E-state index contributed by atoms with van der Waals surface area (Å²) in [5.74, 6) is -0.719. The number of rotatable bonds is 3. The molecule has 0 aliphatic rings. The number of hydrogen-bond donors (Lipinski definition) is 0. The van der Waals surface area contributed by atoms with Gasteiger partial charge in [-0.05, 0) is 19.1 Å². The van der Waals surface area contributed by atoms with Gasteiger partial charge < -0.3 is 0 Å². The highest BCUT2D eigenvalue weighted by molar-refractivity contribution is 6.39. The lowest BCUT2D eigenvalue weighted by Crippen LogP contribution is -2.03. The van der Waals surface area contributed by atoms with Crippen LogP contribution in [0.15, 0.2) is 12.1 Å². The number of hydrogen-bond acceptors (Lipinski definition) is 2. The van der Waals surface area contributed by atoms with Crippen LogP contribution in [0.2, 0.25) is 15.1 Å². The van der Waals surface area contributed by atoms with Crippen LogP contribution in [0.1, 0.15) is 24.8 Å². The van der Waals surface area contributed by atoms with E-state index in [1.54, 1.807) is 0 Å². The maximum Gasteiger partial charge on any atom is 0.131 e. The van der Waals surface area contributed by atoms with Gasteiger partial charge in [-0.25, -0.2) is 0 Å². The van der Waals surface area contributed by atoms with Crippen molar-refractivity contribution in [3.05, 3.63) is 32.8 Å². The van der Waals surface area contributed by atoms with E-state index in [0.717, 1.165) is 0 Å². The summed E-state index contributed by atoms with van der Waals surface area (Å²) in [6.07, 6.45) is 0.0948. The smallest absolute Gasteiger partial charge is 0.131 e. The molecule has 16 heavy (non-hydrogen) atoms. The molecule has 0 aromatic heterocycles. The van der Waals surface area contributed by atoms with Crippen LogP contribution in [0.3, 0.4) is 0 Å². The molecule has 1 unspecified atom stereocenters. The Morgan fingerprint density at radius 2 is 1.88 bits per heavy atom. The first kappa shape index (κ1) is 13.3. The molecule has 5 heteroatoms. The van der Waals surface area contributed by atoms with Crippen molar-refractivity contribution in [2.45, 2.75) is 19.3 Å². The van der Waals surface area contributed by atoms with Gasteiger partial charge in [0.15, 0.2) is 0 Å². The van der Waals surface area contributed by atoms with Crippen LogP contribution in [0.25, 0.3) is 0 Å². The average Bonchev–Trinajstić information content (AvgIpc) is 2.13. The van der Waals surface area contributed by atoms with Crippen molar-refractivity contribution in [1.82, 2.24) is 0 Å². The molecule has 0 amide bonds. The second kappa shape index (κ2) is 5.54. The standard InChI is InChI=1S/C11H8Cl3NO/c1-6(16)2-7(5-15)11-9(13)3-8(12)4-10(11)14/h3-4,7H,2H2,1H3. The Balaban J connectivity index is 3.21. The fraction of sp³-hybridized carbons (Fsp3) is 0.273. The molecule has 0 heterocycles. The average molecular weight is 277 g/mol. The summed E-state index contributed by atoms with van der Waals surface area (Å²) >= 11 is 17.7. The zero-order valence-electron chi connectivity index (χ0n) is 8.43. The third-order valence-electron chi connectivity index (χ3n) is 2.04. The van der Waals surface area contributed by atoms with Gasteiger partial charge in [0.1, 0.15) is 5.78 Å². The Labute approximate surface area is 109 Å². The van der Waals surface area contributed by atoms with Crippen molar-refractivity contribution in [3.8, 4) is 6.07 Å². The van der Waals surface area contributed by atoms with E-state index < -0.39 is 5.92 Å². The fourth-order valence-electron chi connectivity index (χ4n) is 1.39. The molecule has 0 radical (unpaired) electrons. The molecule has 1 aromatic rings. The van der Waals surface area contributed by atoms with Crippen molar-refractivity contribution in [2.75, 3.05) is 0 Å².